The maximum absolute atomic E-state index is 12.6. The maximum Gasteiger partial charge on any atom is 0.244 e. The predicted octanol–water partition coefficient (Wildman–Crippen LogP) is 2.66. The number of amides is 1. The first-order valence-corrected chi connectivity index (χ1v) is 9.73. The van der Waals surface area contributed by atoms with Gasteiger partial charge in [0.05, 0.1) is 5.02 Å². The van der Waals surface area contributed by atoms with Crippen LogP contribution in [0.3, 0.4) is 0 Å². The Hall–Kier alpha value is -1.11. The number of carbonyl (C=O) groups is 1. The summed E-state index contributed by atoms with van der Waals surface area (Å²) in [5.41, 5.74) is 0. The molecule has 0 spiro atoms. The van der Waals surface area contributed by atoms with Crippen molar-refractivity contribution in [2.45, 2.75) is 44.0 Å². The zero-order valence-corrected chi connectivity index (χ0v) is 15.0. The minimum absolute atomic E-state index is 0.0224. The van der Waals surface area contributed by atoms with Crippen LogP contribution in [0.15, 0.2) is 29.2 Å². The fourth-order valence-corrected chi connectivity index (χ4v) is 4.58. The summed E-state index contributed by atoms with van der Waals surface area (Å²) in [5, 5.41) is 3.19. The molecule has 7 heteroatoms. The van der Waals surface area contributed by atoms with Crippen LogP contribution in [0.4, 0.5) is 0 Å². The third-order valence-corrected chi connectivity index (χ3v) is 6.68. The molecule has 1 aromatic carbocycles. The van der Waals surface area contributed by atoms with Crippen LogP contribution in [0.5, 0.6) is 0 Å². The largest absolute Gasteiger partial charge is 0.353 e. The summed E-state index contributed by atoms with van der Waals surface area (Å²) in [4.78, 5) is 12.3. The van der Waals surface area contributed by atoms with Crippen molar-refractivity contribution in [2.75, 3.05) is 13.1 Å². The number of halogens is 1. The van der Waals surface area contributed by atoms with Gasteiger partial charge in [-0.05, 0) is 38.3 Å². The van der Waals surface area contributed by atoms with E-state index in [2.05, 4.69) is 5.32 Å². The van der Waals surface area contributed by atoms with Gasteiger partial charge in [0.15, 0.2) is 0 Å². The third kappa shape index (κ3) is 4.25. The van der Waals surface area contributed by atoms with E-state index in [0.29, 0.717) is 25.9 Å². The van der Waals surface area contributed by atoms with Crippen molar-refractivity contribution in [3.05, 3.63) is 29.3 Å². The first-order valence-electron chi connectivity index (χ1n) is 7.91. The molecule has 0 aliphatic carbocycles. The van der Waals surface area contributed by atoms with Crippen LogP contribution < -0.4 is 5.32 Å². The Balaban J connectivity index is 2.02. The molecule has 1 unspecified atom stereocenters. The molecule has 1 N–H and O–H groups in total. The predicted molar refractivity (Wildman–Crippen MR) is 90.8 cm³/mol. The lowest BCUT2D eigenvalue weighted by Crippen LogP contribution is -2.44. The Morgan fingerprint density at radius 3 is 2.52 bits per heavy atom. The van der Waals surface area contributed by atoms with Gasteiger partial charge in [-0.15, -0.1) is 0 Å². The zero-order valence-electron chi connectivity index (χ0n) is 13.5. The zero-order chi connectivity index (χ0) is 17.0. The molecule has 1 heterocycles. The molecule has 23 heavy (non-hydrogen) atoms. The average molecular weight is 359 g/mol. The van der Waals surface area contributed by atoms with Gasteiger partial charge in [0, 0.05) is 25.0 Å². The van der Waals surface area contributed by atoms with Crippen molar-refractivity contribution in [1.29, 1.82) is 0 Å². The van der Waals surface area contributed by atoms with Gasteiger partial charge >= 0.3 is 0 Å². The van der Waals surface area contributed by atoms with E-state index in [1.807, 2.05) is 13.8 Å². The van der Waals surface area contributed by atoms with Crippen molar-refractivity contribution >= 4 is 27.5 Å². The van der Waals surface area contributed by atoms with Crippen molar-refractivity contribution < 1.29 is 13.2 Å². The molecule has 1 amide bonds. The molecule has 1 fully saturated rings. The second-order valence-electron chi connectivity index (χ2n) is 5.93. The molecule has 1 aromatic rings. The Bertz CT molecular complexity index is 655. The molecule has 0 radical (unpaired) electrons. The van der Waals surface area contributed by atoms with Crippen molar-refractivity contribution in [1.82, 2.24) is 9.62 Å². The molecule has 1 atom stereocenters. The Morgan fingerprint density at radius 1 is 1.35 bits per heavy atom. The summed E-state index contributed by atoms with van der Waals surface area (Å²) >= 11 is 6.01. The van der Waals surface area contributed by atoms with E-state index in [1.165, 1.54) is 10.4 Å². The number of sulfonamides is 1. The standard InChI is InChI=1S/C16H23ClN2O3S/c1-3-12(2)18-16(20)13-8-10-19(11-9-13)23(21,22)15-7-5-4-6-14(15)17/h4-7,12-13H,3,8-11H2,1-2H3,(H,18,20). The van der Waals surface area contributed by atoms with Crippen LogP contribution in [0.1, 0.15) is 33.1 Å². The van der Waals surface area contributed by atoms with Crippen LogP contribution >= 0.6 is 11.6 Å². The average Bonchev–Trinajstić information content (AvgIpc) is 2.55. The lowest BCUT2D eigenvalue weighted by atomic mass is 9.97. The van der Waals surface area contributed by atoms with Crippen molar-refractivity contribution in [3.63, 3.8) is 0 Å². The van der Waals surface area contributed by atoms with E-state index >= 15 is 0 Å². The molecular formula is C16H23ClN2O3S. The van der Waals surface area contributed by atoms with Gasteiger partial charge in [-0.2, -0.15) is 4.31 Å². The Labute approximate surface area is 143 Å². The van der Waals surface area contributed by atoms with Crippen LogP contribution in [0.25, 0.3) is 0 Å². The lowest BCUT2D eigenvalue weighted by molar-refractivity contribution is -0.126. The highest BCUT2D eigenvalue weighted by Gasteiger charge is 2.33. The Kier molecular flexibility index (Phi) is 6.06. The highest BCUT2D eigenvalue weighted by Crippen LogP contribution is 2.28. The highest BCUT2D eigenvalue weighted by molar-refractivity contribution is 7.89. The quantitative estimate of drug-likeness (QED) is 0.879. The van der Waals surface area contributed by atoms with E-state index in [9.17, 15) is 13.2 Å². The number of carbonyl (C=O) groups excluding carboxylic acids is 1. The summed E-state index contributed by atoms with van der Waals surface area (Å²) in [6, 6.07) is 6.59. The number of nitrogens with one attached hydrogen (secondary N) is 1. The molecule has 0 aromatic heterocycles. The minimum atomic E-state index is -3.60. The van der Waals surface area contributed by atoms with Gasteiger partial charge in [-0.3, -0.25) is 4.79 Å². The van der Waals surface area contributed by atoms with Crippen molar-refractivity contribution in [3.8, 4) is 0 Å². The molecule has 1 aliphatic rings. The van der Waals surface area contributed by atoms with Gasteiger partial charge in [0.1, 0.15) is 4.90 Å². The van der Waals surface area contributed by atoms with Gasteiger partial charge in [0.2, 0.25) is 15.9 Å². The normalized spacial score (nSPS) is 18.6. The van der Waals surface area contributed by atoms with E-state index in [4.69, 9.17) is 11.6 Å². The molecular weight excluding hydrogens is 336 g/mol. The number of hydrogen-bond donors (Lipinski definition) is 1. The third-order valence-electron chi connectivity index (χ3n) is 4.28. The highest BCUT2D eigenvalue weighted by atomic mass is 35.5. The molecule has 128 valence electrons. The van der Waals surface area contributed by atoms with E-state index in [1.54, 1.807) is 18.2 Å². The number of nitrogens with zero attached hydrogens (tertiary/aromatic N) is 1. The molecule has 1 saturated heterocycles. The monoisotopic (exact) mass is 358 g/mol. The fourth-order valence-electron chi connectivity index (χ4n) is 2.61. The first kappa shape index (κ1) is 18.2. The minimum Gasteiger partial charge on any atom is -0.353 e. The summed E-state index contributed by atoms with van der Waals surface area (Å²) in [5.74, 6) is -0.101. The summed E-state index contributed by atoms with van der Waals surface area (Å²) in [6.07, 6.45) is 1.95. The van der Waals surface area contributed by atoms with Crippen LogP contribution in [-0.4, -0.2) is 37.8 Å². The molecule has 5 nitrogen and oxygen atoms in total. The topological polar surface area (TPSA) is 66.5 Å². The molecule has 0 bridgehead atoms. The number of hydrogen-bond acceptors (Lipinski definition) is 3. The van der Waals surface area contributed by atoms with E-state index in [0.717, 1.165) is 6.42 Å². The smallest absolute Gasteiger partial charge is 0.244 e. The van der Waals surface area contributed by atoms with Crippen molar-refractivity contribution in [2.24, 2.45) is 5.92 Å². The maximum atomic E-state index is 12.6. The van der Waals surface area contributed by atoms with Crippen LogP contribution in [0.2, 0.25) is 5.02 Å². The first-order chi connectivity index (χ1) is 10.9. The van der Waals surface area contributed by atoms with Gasteiger partial charge in [-0.25, -0.2) is 8.42 Å². The van der Waals surface area contributed by atoms with Gasteiger partial charge in [0.25, 0.3) is 0 Å². The lowest BCUT2D eigenvalue weighted by Gasteiger charge is -2.31. The van der Waals surface area contributed by atoms with Gasteiger partial charge in [-0.1, -0.05) is 30.7 Å². The number of piperidine rings is 1. The number of benzene rings is 1. The van der Waals surface area contributed by atoms with Crippen LogP contribution in [0, 0.1) is 5.92 Å². The summed E-state index contributed by atoms with van der Waals surface area (Å²) in [6.45, 7) is 4.66. The fraction of sp³-hybridized carbons (Fsp3) is 0.562. The molecule has 1 aliphatic heterocycles. The van der Waals surface area contributed by atoms with E-state index in [-0.39, 0.29) is 27.8 Å². The SMILES string of the molecule is CCC(C)NC(=O)C1CCN(S(=O)(=O)c2ccccc2Cl)CC1. The second-order valence-corrected chi connectivity index (χ2v) is 8.24. The van der Waals surface area contributed by atoms with E-state index < -0.39 is 10.0 Å². The van der Waals surface area contributed by atoms with Gasteiger partial charge < -0.3 is 5.32 Å². The summed E-state index contributed by atoms with van der Waals surface area (Å²) < 4.78 is 26.7. The second kappa shape index (κ2) is 7.64. The molecule has 0 saturated carbocycles. The number of rotatable bonds is 5. The Morgan fingerprint density at radius 2 is 1.96 bits per heavy atom. The summed E-state index contributed by atoms with van der Waals surface area (Å²) in [7, 11) is -3.60. The van der Waals surface area contributed by atoms with Crippen LogP contribution in [-0.2, 0) is 14.8 Å². The molecule has 2 rings (SSSR count).